The number of amides is 3. The Kier molecular flexibility index (Phi) is 5.13. The smallest absolute Gasteiger partial charge is 0.322 e. The summed E-state index contributed by atoms with van der Waals surface area (Å²) in [5.41, 5.74) is 6.95. The minimum atomic E-state index is -0.790. The lowest BCUT2D eigenvalue weighted by molar-refractivity contribution is -0.125. The largest absolute Gasteiger partial charge is 0.383 e. The van der Waals surface area contributed by atoms with Gasteiger partial charge in [0.25, 0.3) is 5.91 Å². The number of carbonyl (C=O) groups is 2. The third-order valence-corrected chi connectivity index (χ3v) is 8.51. The van der Waals surface area contributed by atoms with Gasteiger partial charge in [0, 0.05) is 17.8 Å². The van der Waals surface area contributed by atoms with Crippen molar-refractivity contribution in [3.63, 3.8) is 0 Å². The van der Waals surface area contributed by atoms with Crippen LogP contribution in [-0.2, 0) is 24.1 Å². The second kappa shape index (κ2) is 7.70. The summed E-state index contributed by atoms with van der Waals surface area (Å²) in [4.78, 5) is 38.1. The van der Waals surface area contributed by atoms with Crippen molar-refractivity contribution in [3.8, 4) is 0 Å². The number of nitrogens with two attached hydrogens (primary N) is 1. The van der Waals surface area contributed by atoms with Gasteiger partial charge >= 0.3 is 6.03 Å². The van der Waals surface area contributed by atoms with Gasteiger partial charge in [-0.25, -0.2) is 14.8 Å². The van der Waals surface area contributed by atoms with Gasteiger partial charge in [-0.3, -0.25) is 10.1 Å². The number of nitrogens with zero attached hydrogens (tertiary/aromatic N) is 3. The van der Waals surface area contributed by atoms with E-state index >= 15 is 0 Å². The Labute approximate surface area is 186 Å². The average Bonchev–Trinajstić information content (AvgIpc) is 3.22. The molecule has 3 amide bonds. The molecule has 0 saturated carbocycles. The van der Waals surface area contributed by atoms with Gasteiger partial charge in [-0.05, 0) is 69.5 Å². The van der Waals surface area contributed by atoms with E-state index in [4.69, 9.17) is 10.7 Å². The van der Waals surface area contributed by atoms with E-state index in [-0.39, 0.29) is 17.9 Å². The number of hydrogen-bond acceptors (Lipinski definition) is 7. The van der Waals surface area contributed by atoms with E-state index < -0.39 is 5.54 Å². The van der Waals surface area contributed by atoms with Crippen LogP contribution in [-0.4, -0.2) is 52.0 Å². The van der Waals surface area contributed by atoms with Crippen LogP contribution < -0.4 is 16.4 Å². The fourth-order valence-electron chi connectivity index (χ4n) is 5.36. The quantitative estimate of drug-likeness (QED) is 0.626. The van der Waals surface area contributed by atoms with Gasteiger partial charge in [0.2, 0.25) is 0 Å². The number of nitrogen functional groups attached to an aromatic ring is 1. The number of nitrogens with one attached hydrogen (secondary N) is 2. The summed E-state index contributed by atoms with van der Waals surface area (Å²) in [5.74, 6) is 2.11. The number of rotatable bonds is 4. The van der Waals surface area contributed by atoms with E-state index in [0.717, 1.165) is 73.7 Å². The van der Waals surface area contributed by atoms with Crippen molar-refractivity contribution < 1.29 is 9.59 Å². The van der Waals surface area contributed by atoms with Crippen molar-refractivity contribution in [1.29, 1.82) is 0 Å². The van der Waals surface area contributed by atoms with E-state index in [2.05, 4.69) is 27.4 Å². The lowest BCUT2D eigenvalue weighted by atomic mass is 9.79. The van der Waals surface area contributed by atoms with Crippen LogP contribution in [0.15, 0.2) is 0 Å². The van der Waals surface area contributed by atoms with Crippen LogP contribution in [0.1, 0.15) is 49.4 Å². The third kappa shape index (κ3) is 3.67. The number of carbonyl (C=O) groups excluding carboxylic acids is 2. The summed E-state index contributed by atoms with van der Waals surface area (Å²) in [6, 6.07) is -0.384. The van der Waals surface area contributed by atoms with Gasteiger partial charge in [0.05, 0.1) is 5.39 Å². The highest BCUT2D eigenvalue weighted by molar-refractivity contribution is 7.19. The molecule has 3 aliphatic rings. The van der Waals surface area contributed by atoms with E-state index in [1.807, 2.05) is 6.92 Å². The Bertz CT molecular complexity index is 1040. The molecule has 31 heavy (non-hydrogen) atoms. The molecule has 2 atom stereocenters. The minimum Gasteiger partial charge on any atom is -0.383 e. The zero-order valence-electron chi connectivity index (χ0n) is 18.2. The fourth-order valence-corrected chi connectivity index (χ4v) is 6.77. The van der Waals surface area contributed by atoms with Crippen LogP contribution in [0.3, 0.4) is 0 Å². The third-order valence-electron chi connectivity index (χ3n) is 7.36. The lowest BCUT2D eigenvalue weighted by Crippen LogP contribution is -2.53. The highest BCUT2D eigenvalue weighted by Crippen LogP contribution is 2.39. The number of piperidine rings is 1. The summed E-state index contributed by atoms with van der Waals surface area (Å²) in [5, 5.41) is 6.28. The maximum atomic E-state index is 12.2. The summed E-state index contributed by atoms with van der Waals surface area (Å²) < 4.78 is 0. The maximum Gasteiger partial charge on any atom is 0.322 e. The molecule has 0 bridgehead atoms. The Balaban J connectivity index is 1.22. The molecule has 1 aliphatic carbocycles. The molecule has 2 unspecified atom stereocenters. The first-order chi connectivity index (χ1) is 14.8. The van der Waals surface area contributed by atoms with Crippen molar-refractivity contribution >= 4 is 39.3 Å². The first kappa shape index (κ1) is 20.6. The molecular weight excluding hydrogens is 412 g/mol. The summed E-state index contributed by atoms with van der Waals surface area (Å²) >= 11 is 1.79. The lowest BCUT2D eigenvalue weighted by Gasteiger charge is -2.38. The molecule has 5 rings (SSSR count). The molecule has 2 saturated heterocycles. The van der Waals surface area contributed by atoms with Crippen LogP contribution in [0.25, 0.3) is 10.2 Å². The van der Waals surface area contributed by atoms with Gasteiger partial charge in [-0.1, -0.05) is 6.92 Å². The predicted octanol–water partition coefficient (Wildman–Crippen LogP) is 2.25. The Morgan fingerprint density at radius 2 is 2.00 bits per heavy atom. The zero-order chi connectivity index (χ0) is 21.8. The van der Waals surface area contributed by atoms with Crippen LogP contribution in [0.5, 0.6) is 0 Å². The molecule has 9 heteroatoms. The number of thiophene rings is 1. The topological polar surface area (TPSA) is 113 Å². The maximum absolute atomic E-state index is 12.2. The molecule has 4 N–H and O–H groups in total. The molecule has 166 valence electrons. The van der Waals surface area contributed by atoms with E-state index in [1.54, 1.807) is 11.3 Å². The monoisotopic (exact) mass is 442 g/mol. The Hall–Kier alpha value is -2.26. The second-order valence-electron chi connectivity index (χ2n) is 9.53. The van der Waals surface area contributed by atoms with Crippen molar-refractivity contribution in [2.24, 2.45) is 11.8 Å². The molecule has 0 spiro atoms. The number of fused-ring (bicyclic) bond motifs is 3. The minimum absolute atomic E-state index is 0.151. The molecule has 8 nitrogen and oxygen atoms in total. The van der Waals surface area contributed by atoms with E-state index in [0.29, 0.717) is 5.82 Å². The second-order valence-corrected chi connectivity index (χ2v) is 10.6. The molecular formula is C22H30N6O2S. The van der Waals surface area contributed by atoms with Gasteiger partial charge in [0.1, 0.15) is 22.0 Å². The summed E-state index contributed by atoms with van der Waals surface area (Å²) in [6.45, 7) is 6.80. The molecule has 2 aromatic rings. The fraction of sp³-hybridized carbons (Fsp3) is 0.636. The van der Waals surface area contributed by atoms with Gasteiger partial charge in [-0.2, -0.15) is 0 Å². The molecule has 4 heterocycles. The first-order valence-corrected chi connectivity index (χ1v) is 12.1. The number of aromatic nitrogens is 2. The molecule has 2 aromatic heterocycles. The highest BCUT2D eigenvalue weighted by Gasteiger charge is 2.48. The van der Waals surface area contributed by atoms with Crippen LogP contribution in [0, 0.1) is 11.8 Å². The Morgan fingerprint density at radius 1 is 1.23 bits per heavy atom. The molecule has 0 radical (unpaired) electrons. The van der Waals surface area contributed by atoms with Crippen LogP contribution in [0.2, 0.25) is 0 Å². The number of aryl methyl sites for hydroxylation is 1. The molecule has 2 fully saturated rings. The van der Waals surface area contributed by atoms with Gasteiger partial charge in [0.15, 0.2) is 0 Å². The van der Waals surface area contributed by atoms with Crippen molar-refractivity contribution in [2.45, 2.75) is 57.9 Å². The van der Waals surface area contributed by atoms with Crippen molar-refractivity contribution in [1.82, 2.24) is 25.5 Å². The SMILES string of the molecule is CC1CCc2c(sc3nc(CCN4CCC(C5(C)NC(=O)NC5=O)CC4)nc(N)c23)C1. The zero-order valence-corrected chi connectivity index (χ0v) is 19.0. The van der Waals surface area contributed by atoms with Gasteiger partial charge < -0.3 is 16.0 Å². The normalized spacial score (nSPS) is 27.4. The van der Waals surface area contributed by atoms with E-state index in [1.165, 1.54) is 16.9 Å². The van der Waals surface area contributed by atoms with E-state index in [9.17, 15) is 9.59 Å². The number of hydrogen-bond donors (Lipinski definition) is 3. The summed E-state index contributed by atoms with van der Waals surface area (Å²) in [6.07, 6.45) is 5.93. The van der Waals surface area contributed by atoms with Crippen LogP contribution >= 0.6 is 11.3 Å². The number of urea groups is 1. The first-order valence-electron chi connectivity index (χ1n) is 11.3. The van der Waals surface area contributed by atoms with Crippen molar-refractivity contribution in [3.05, 3.63) is 16.3 Å². The number of anilines is 1. The highest BCUT2D eigenvalue weighted by atomic mass is 32.1. The number of likely N-dealkylation sites (tertiary alicyclic amines) is 1. The standard InChI is InChI=1S/C22H30N6O2S/c1-12-3-4-14-15(11-12)31-19-17(14)18(23)24-16(25-19)7-10-28-8-5-13(6-9-28)22(2)20(29)26-21(30)27-22/h12-13H,3-11H2,1-2H3,(H2,23,24,25)(H2,26,27,29,30). The molecule has 0 aromatic carbocycles. The predicted molar refractivity (Wildman–Crippen MR) is 121 cm³/mol. The molecule has 2 aliphatic heterocycles. The number of imide groups is 1. The van der Waals surface area contributed by atoms with Gasteiger partial charge in [-0.15, -0.1) is 11.3 Å². The van der Waals surface area contributed by atoms with Crippen LogP contribution in [0.4, 0.5) is 10.6 Å². The Morgan fingerprint density at radius 3 is 2.71 bits per heavy atom. The average molecular weight is 443 g/mol. The summed E-state index contributed by atoms with van der Waals surface area (Å²) in [7, 11) is 0. The van der Waals surface area contributed by atoms with Crippen molar-refractivity contribution in [2.75, 3.05) is 25.4 Å².